The van der Waals surface area contributed by atoms with Gasteiger partial charge in [0.1, 0.15) is 0 Å². The lowest BCUT2D eigenvalue weighted by molar-refractivity contribution is 0.149. The maximum absolute atomic E-state index is 14.0. The van der Waals surface area contributed by atoms with Crippen LogP contribution in [0.4, 0.5) is 8.78 Å². The van der Waals surface area contributed by atoms with Gasteiger partial charge >= 0.3 is 0 Å². The third kappa shape index (κ3) is 3.32. The van der Waals surface area contributed by atoms with Crippen LogP contribution in [0, 0.1) is 17.6 Å². The van der Waals surface area contributed by atoms with Crippen LogP contribution in [0.5, 0.6) is 5.88 Å². The van der Waals surface area contributed by atoms with Crippen LogP contribution < -0.4 is 0 Å². The van der Waals surface area contributed by atoms with Crippen LogP contribution in [-0.4, -0.2) is 37.7 Å². The number of hydrogen-bond donors (Lipinski definition) is 1. The summed E-state index contributed by atoms with van der Waals surface area (Å²) in [5.41, 5.74) is 0.624. The second kappa shape index (κ2) is 7.16. The van der Waals surface area contributed by atoms with Crippen LogP contribution in [0.1, 0.15) is 49.0 Å². The smallest absolute Gasteiger partial charge is 0.230 e. The summed E-state index contributed by atoms with van der Waals surface area (Å²) >= 11 is 1.35. The van der Waals surface area contributed by atoms with Gasteiger partial charge in [-0.05, 0) is 43.0 Å². The van der Waals surface area contributed by atoms with Crippen molar-refractivity contribution >= 4 is 16.3 Å². The summed E-state index contributed by atoms with van der Waals surface area (Å²) < 4.78 is 28.9. The van der Waals surface area contributed by atoms with Gasteiger partial charge < -0.3 is 5.11 Å². The first-order chi connectivity index (χ1) is 13.0. The number of likely N-dealkylation sites (tertiary alicyclic amines) is 1. The third-order valence-electron chi connectivity index (χ3n) is 5.12. The Kier molecular flexibility index (Phi) is 4.86. The Hall–Kier alpha value is -2.06. The highest BCUT2D eigenvalue weighted by Gasteiger charge is 2.32. The minimum Gasteiger partial charge on any atom is -0.492 e. The van der Waals surface area contributed by atoms with E-state index in [4.69, 9.17) is 0 Å². The molecule has 2 aromatic heterocycles. The molecule has 5 nitrogen and oxygen atoms in total. The van der Waals surface area contributed by atoms with E-state index in [-0.39, 0.29) is 11.9 Å². The molecule has 3 aromatic rings. The average Bonchev–Trinajstić information content (AvgIpc) is 3.18. The minimum absolute atomic E-state index is 0.0233. The van der Waals surface area contributed by atoms with Crippen molar-refractivity contribution in [1.82, 2.24) is 19.5 Å². The molecule has 1 aliphatic heterocycles. The van der Waals surface area contributed by atoms with Gasteiger partial charge in [0.2, 0.25) is 10.8 Å². The van der Waals surface area contributed by atoms with Crippen LogP contribution in [-0.2, 0) is 6.42 Å². The Balaban J connectivity index is 1.83. The lowest BCUT2D eigenvalue weighted by Gasteiger charge is -2.37. The second-order valence-corrected chi connectivity index (χ2v) is 8.19. The molecule has 0 radical (unpaired) electrons. The van der Waals surface area contributed by atoms with Gasteiger partial charge in [-0.3, -0.25) is 4.90 Å². The van der Waals surface area contributed by atoms with E-state index in [1.165, 1.54) is 21.9 Å². The van der Waals surface area contributed by atoms with E-state index in [1.807, 2.05) is 6.92 Å². The quantitative estimate of drug-likeness (QED) is 0.724. The molecule has 27 heavy (non-hydrogen) atoms. The molecule has 3 heterocycles. The number of benzene rings is 1. The lowest BCUT2D eigenvalue weighted by Crippen LogP contribution is -2.37. The number of piperidine rings is 1. The van der Waals surface area contributed by atoms with E-state index in [9.17, 15) is 13.9 Å². The normalized spacial score (nSPS) is 19.6. The molecule has 0 saturated carbocycles. The summed E-state index contributed by atoms with van der Waals surface area (Å²) in [5.74, 6) is -0.560. The summed E-state index contributed by atoms with van der Waals surface area (Å²) in [6, 6.07) is 3.61. The number of hydrogen-bond acceptors (Lipinski definition) is 5. The molecule has 1 aromatic carbocycles. The number of nitrogens with zero attached hydrogens (tertiary/aromatic N) is 4. The number of aryl methyl sites for hydroxylation is 1. The lowest BCUT2D eigenvalue weighted by atomic mass is 9.95. The van der Waals surface area contributed by atoms with Crippen LogP contribution in [0.15, 0.2) is 18.2 Å². The fourth-order valence-electron chi connectivity index (χ4n) is 3.79. The predicted molar refractivity (Wildman–Crippen MR) is 100 cm³/mol. The molecule has 8 heteroatoms. The number of aromatic hydroxyl groups is 1. The molecule has 1 N–H and O–H groups in total. The van der Waals surface area contributed by atoms with Gasteiger partial charge in [-0.25, -0.2) is 13.8 Å². The zero-order valence-electron chi connectivity index (χ0n) is 15.3. The number of thiazole rings is 1. The first kappa shape index (κ1) is 18.3. The molecule has 144 valence electrons. The van der Waals surface area contributed by atoms with Gasteiger partial charge in [-0.15, -0.1) is 5.10 Å². The van der Waals surface area contributed by atoms with Gasteiger partial charge in [0.25, 0.3) is 0 Å². The monoisotopic (exact) mass is 392 g/mol. The average molecular weight is 392 g/mol. The van der Waals surface area contributed by atoms with Crippen molar-refractivity contribution < 1.29 is 13.9 Å². The zero-order chi connectivity index (χ0) is 19.1. The van der Waals surface area contributed by atoms with Crippen molar-refractivity contribution in [2.75, 3.05) is 13.1 Å². The van der Waals surface area contributed by atoms with Crippen molar-refractivity contribution in [2.24, 2.45) is 5.92 Å². The highest BCUT2D eigenvalue weighted by molar-refractivity contribution is 7.17. The minimum atomic E-state index is -0.880. The molecular weight excluding hydrogens is 370 g/mol. The van der Waals surface area contributed by atoms with E-state index in [1.54, 1.807) is 6.07 Å². The highest BCUT2D eigenvalue weighted by atomic mass is 32.1. The summed E-state index contributed by atoms with van der Waals surface area (Å²) in [6.07, 6.45) is 2.85. The van der Waals surface area contributed by atoms with E-state index in [0.717, 1.165) is 32.0 Å². The van der Waals surface area contributed by atoms with Crippen LogP contribution in [0.2, 0.25) is 0 Å². The molecule has 0 bridgehead atoms. The van der Waals surface area contributed by atoms with Crippen molar-refractivity contribution in [2.45, 2.75) is 39.2 Å². The van der Waals surface area contributed by atoms with E-state index >= 15 is 0 Å². The van der Waals surface area contributed by atoms with Gasteiger partial charge in [-0.2, -0.15) is 4.52 Å². The van der Waals surface area contributed by atoms with Crippen molar-refractivity contribution in [1.29, 1.82) is 0 Å². The Morgan fingerprint density at radius 1 is 1.33 bits per heavy atom. The Morgan fingerprint density at radius 2 is 2.15 bits per heavy atom. The van der Waals surface area contributed by atoms with Crippen molar-refractivity contribution in [3.63, 3.8) is 0 Å². The molecule has 1 saturated heterocycles. The van der Waals surface area contributed by atoms with E-state index in [2.05, 4.69) is 21.9 Å². The molecular formula is C19H22F2N4OS. The molecule has 1 fully saturated rings. The molecule has 0 aliphatic carbocycles. The summed E-state index contributed by atoms with van der Waals surface area (Å²) in [6.45, 7) is 5.81. The summed E-state index contributed by atoms with van der Waals surface area (Å²) in [5, 5.41) is 15.2. The molecule has 1 aliphatic rings. The number of halogens is 2. The number of fused-ring (bicyclic) bond motifs is 1. The van der Waals surface area contributed by atoms with Crippen LogP contribution >= 0.6 is 11.3 Å². The maximum Gasteiger partial charge on any atom is 0.230 e. The third-order valence-corrected chi connectivity index (χ3v) is 6.19. The molecule has 2 atom stereocenters. The fourth-order valence-corrected chi connectivity index (χ4v) is 4.93. The van der Waals surface area contributed by atoms with E-state index in [0.29, 0.717) is 33.6 Å². The fraction of sp³-hybridized carbons (Fsp3) is 0.474. The topological polar surface area (TPSA) is 53.7 Å². The molecule has 4 rings (SSSR count). The largest absolute Gasteiger partial charge is 0.492 e. The molecule has 0 unspecified atom stereocenters. The van der Waals surface area contributed by atoms with Crippen LogP contribution in [0.3, 0.4) is 0 Å². The zero-order valence-corrected chi connectivity index (χ0v) is 16.1. The van der Waals surface area contributed by atoms with Gasteiger partial charge in [0, 0.05) is 13.0 Å². The standard InChI is InChI=1S/C19H22F2N4OS/c1-3-15-22-19-25(23-15)18(26)17(27-19)16(24-8-4-5-11(2)10-24)12-6-7-13(20)14(21)9-12/h6-7,9,11,16,26H,3-5,8,10H2,1-2H3/t11-,16+/m1/s1. The Bertz CT molecular complexity index is 970. The van der Waals surface area contributed by atoms with Crippen LogP contribution in [0.25, 0.3) is 4.96 Å². The van der Waals surface area contributed by atoms with Gasteiger partial charge in [0.05, 0.1) is 10.9 Å². The summed E-state index contributed by atoms with van der Waals surface area (Å²) in [7, 11) is 0. The first-order valence-corrected chi connectivity index (χ1v) is 10.1. The number of aromatic nitrogens is 3. The SMILES string of the molecule is CCc1nc2sc([C@H](c3ccc(F)c(F)c3)N3CCC[C@@H](C)C3)c(O)n2n1. The number of rotatable bonds is 4. The van der Waals surface area contributed by atoms with Crippen molar-refractivity contribution in [3.8, 4) is 5.88 Å². The molecule has 0 spiro atoms. The predicted octanol–water partition coefficient (Wildman–Crippen LogP) is 4.16. The summed E-state index contributed by atoms with van der Waals surface area (Å²) in [4.78, 5) is 7.94. The Morgan fingerprint density at radius 3 is 2.81 bits per heavy atom. The van der Waals surface area contributed by atoms with Gasteiger partial charge in [-0.1, -0.05) is 31.3 Å². The van der Waals surface area contributed by atoms with E-state index < -0.39 is 11.6 Å². The maximum atomic E-state index is 14.0. The van der Waals surface area contributed by atoms with Crippen molar-refractivity contribution in [3.05, 3.63) is 46.1 Å². The first-order valence-electron chi connectivity index (χ1n) is 9.24. The Labute approximate surface area is 160 Å². The second-order valence-electron chi connectivity index (χ2n) is 7.18. The van der Waals surface area contributed by atoms with Gasteiger partial charge in [0.15, 0.2) is 17.5 Å². The highest BCUT2D eigenvalue weighted by Crippen LogP contribution is 2.41. The molecule has 0 amide bonds.